The minimum Gasteiger partial charge on any atom is -0.348 e. The van der Waals surface area contributed by atoms with Crippen LogP contribution in [0.15, 0.2) is 42.6 Å². The van der Waals surface area contributed by atoms with Gasteiger partial charge in [-0.2, -0.15) is 0 Å². The number of fused-ring (bicyclic) bond motifs is 1. The number of nitrogens with zero attached hydrogens (tertiary/aromatic N) is 4. The lowest BCUT2D eigenvalue weighted by molar-refractivity contribution is 0.0935. The summed E-state index contributed by atoms with van der Waals surface area (Å²) in [4.78, 5) is 16.4. The van der Waals surface area contributed by atoms with Gasteiger partial charge >= 0.3 is 0 Å². The van der Waals surface area contributed by atoms with E-state index in [1.807, 2.05) is 38.1 Å². The molecular weight excluding hydrogens is 278 g/mol. The van der Waals surface area contributed by atoms with Crippen molar-refractivity contribution in [1.29, 1.82) is 0 Å². The number of nitrogens with one attached hydrogen (secondary N) is 1. The van der Waals surface area contributed by atoms with E-state index in [4.69, 9.17) is 0 Å². The molecule has 0 aliphatic rings. The minimum atomic E-state index is -0.123. The summed E-state index contributed by atoms with van der Waals surface area (Å²) in [5.74, 6) is -0.123. The van der Waals surface area contributed by atoms with E-state index in [9.17, 15) is 4.79 Å². The number of benzene rings is 1. The first-order valence-corrected chi connectivity index (χ1v) is 7.16. The van der Waals surface area contributed by atoms with Crippen molar-refractivity contribution in [2.45, 2.75) is 26.4 Å². The first-order valence-electron chi connectivity index (χ1n) is 7.16. The van der Waals surface area contributed by atoms with E-state index in [0.717, 1.165) is 16.7 Å². The normalized spacial score (nSPS) is 12.3. The number of pyridine rings is 1. The Hall–Kier alpha value is -2.76. The summed E-state index contributed by atoms with van der Waals surface area (Å²) in [6, 6.07) is 11.2. The largest absolute Gasteiger partial charge is 0.348 e. The second-order valence-electron chi connectivity index (χ2n) is 5.27. The lowest BCUT2D eigenvalue weighted by Crippen LogP contribution is -2.36. The van der Waals surface area contributed by atoms with Gasteiger partial charge in [0.25, 0.3) is 5.91 Å². The lowest BCUT2D eigenvalue weighted by atomic mass is 10.2. The quantitative estimate of drug-likeness (QED) is 0.798. The van der Waals surface area contributed by atoms with E-state index in [1.54, 1.807) is 23.0 Å². The number of amides is 1. The third-order valence-electron chi connectivity index (χ3n) is 3.50. The molecule has 1 N–H and O–H groups in total. The summed E-state index contributed by atoms with van der Waals surface area (Å²) in [7, 11) is 0. The Morgan fingerprint density at radius 3 is 2.91 bits per heavy atom. The van der Waals surface area contributed by atoms with E-state index >= 15 is 0 Å². The number of aromatic nitrogens is 4. The maximum atomic E-state index is 12.3. The maximum absolute atomic E-state index is 12.3. The molecule has 112 valence electrons. The van der Waals surface area contributed by atoms with Crippen molar-refractivity contribution in [2.75, 3.05) is 0 Å². The smallest absolute Gasteiger partial charge is 0.253 e. The molecule has 0 saturated heterocycles. The van der Waals surface area contributed by atoms with Crippen LogP contribution < -0.4 is 5.32 Å². The van der Waals surface area contributed by atoms with Gasteiger partial charge in [-0.25, -0.2) is 4.68 Å². The third kappa shape index (κ3) is 2.81. The molecule has 2 aromatic heterocycles. The second kappa shape index (κ2) is 5.93. The van der Waals surface area contributed by atoms with Crippen molar-refractivity contribution < 1.29 is 4.79 Å². The zero-order valence-electron chi connectivity index (χ0n) is 12.5. The summed E-state index contributed by atoms with van der Waals surface area (Å²) >= 11 is 0. The highest BCUT2D eigenvalue weighted by atomic mass is 16.1. The van der Waals surface area contributed by atoms with E-state index in [1.165, 1.54) is 0 Å². The highest BCUT2D eigenvalue weighted by molar-refractivity contribution is 5.95. The van der Waals surface area contributed by atoms with Gasteiger partial charge in [0.1, 0.15) is 5.52 Å². The summed E-state index contributed by atoms with van der Waals surface area (Å²) in [6.07, 6.45) is 1.68. The summed E-state index contributed by atoms with van der Waals surface area (Å²) in [5.41, 5.74) is 3.13. The Morgan fingerprint density at radius 2 is 2.09 bits per heavy atom. The topological polar surface area (TPSA) is 72.7 Å². The number of carbonyl (C=O) groups excluding carboxylic acids is 1. The molecule has 6 nitrogen and oxygen atoms in total. The standard InChI is InChI=1S/C16H17N5O/c1-11(18-16(22)13-6-5-9-17-12(13)2)10-21-15-8-4-3-7-14(15)19-20-21/h3-9,11H,10H2,1-2H3,(H,18,22)/t11-/m0/s1. The van der Waals surface area contributed by atoms with Gasteiger partial charge in [-0.1, -0.05) is 17.3 Å². The van der Waals surface area contributed by atoms with Crippen LogP contribution in [0.2, 0.25) is 0 Å². The van der Waals surface area contributed by atoms with Gasteiger partial charge < -0.3 is 5.32 Å². The molecule has 0 bridgehead atoms. The fourth-order valence-electron chi connectivity index (χ4n) is 2.38. The van der Waals surface area contributed by atoms with Gasteiger partial charge in [0, 0.05) is 17.9 Å². The fourth-order valence-corrected chi connectivity index (χ4v) is 2.38. The molecule has 6 heteroatoms. The predicted molar refractivity (Wildman–Crippen MR) is 83.4 cm³/mol. The van der Waals surface area contributed by atoms with Gasteiger partial charge in [0.15, 0.2) is 0 Å². The molecule has 1 atom stereocenters. The highest BCUT2D eigenvalue weighted by Crippen LogP contribution is 2.10. The van der Waals surface area contributed by atoms with Crippen molar-refractivity contribution in [3.05, 3.63) is 53.9 Å². The first kappa shape index (κ1) is 14.2. The maximum Gasteiger partial charge on any atom is 0.253 e. The number of hydrogen-bond acceptors (Lipinski definition) is 4. The van der Waals surface area contributed by atoms with E-state index in [0.29, 0.717) is 12.1 Å². The Morgan fingerprint density at radius 1 is 1.27 bits per heavy atom. The Kier molecular flexibility index (Phi) is 3.82. The van der Waals surface area contributed by atoms with Gasteiger partial charge in [0.05, 0.1) is 17.6 Å². The summed E-state index contributed by atoms with van der Waals surface area (Å²) in [6.45, 7) is 4.33. The van der Waals surface area contributed by atoms with Crippen LogP contribution in [0, 0.1) is 6.92 Å². The molecule has 2 heterocycles. The average Bonchev–Trinajstić information content (AvgIpc) is 2.91. The van der Waals surface area contributed by atoms with Gasteiger partial charge in [0.2, 0.25) is 0 Å². The van der Waals surface area contributed by atoms with Crippen LogP contribution in [0.3, 0.4) is 0 Å². The van der Waals surface area contributed by atoms with Crippen LogP contribution in [-0.4, -0.2) is 31.9 Å². The summed E-state index contributed by atoms with van der Waals surface area (Å²) < 4.78 is 1.80. The molecule has 0 fully saturated rings. The number of para-hydroxylation sites is 1. The van der Waals surface area contributed by atoms with Gasteiger partial charge in [-0.3, -0.25) is 9.78 Å². The predicted octanol–water partition coefficient (Wildman–Crippen LogP) is 1.95. The van der Waals surface area contributed by atoms with Crippen LogP contribution in [0.25, 0.3) is 11.0 Å². The van der Waals surface area contributed by atoms with Crippen molar-refractivity contribution in [2.24, 2.45) is 0 Å². The van der Waals surface area contributed by atoms with E-state index in [2.05, 4.69) is 20.6 Å². The number of rotatable bonds is 4. The van der Waals surface area contributed by atoms with Crippen LogP contribution in [0.4, 0.5) is 0 Å². The molecule has 0 aliphatic heterocycles. The zero-order valence-corrected chi connectivity index (χ0v) is 12.5. The number of aryl methyl sites for hydroxylation is 1. The number of carbonyl (C=O) groups is 1. The lowest BCUT2D eigenvalue weighted by Gasteiger charge is -2.14. The molecule has 0 unspecified atom stereocenters. The Balaban J connectivity index is 1.71. The summed E-state index contributed by atoms with van der Waals surface area (Å²) in [5, 5.41) is 11.2. The van der Waals surface area contributed by atoms with Crippen LogP contribution in [0.5, 0.6) is 0 Å². The molecule has 1 amide bonds. The molecule has 1 aromatic carbocycles. The van der Waals surface area contributed by atoms with E-state index < -0.39 is 0 Å². The van der Waals surface area contributed by atoms with Gasteiger partial charge in [-0.05, 0) is 38.1 Å². The van der Waals surface area contributed by atoms with Gasteiger partial charge in [-0.15, -0.1) is 5.10 Å². The fraction of sp³-hybridized carbons (Fsp3) is 0.250. The second-order valence-corrected chi connectivity index (χ2v) is 5.27. The molecule has 3 rings (SSSR count). The van der Waals surface area contributed by atoms with Crippen LogP contribution in [-0.2, 0) is 6.54 Å². The number of hydrogen-bond donors (Lipinski definition) is 1. The van der Waals surface area contributed by atoms with Crippen LogP contribution in [0.1, 0.15) is 23.0 Å². The monoisotopic (exact) mass is 295 g/mol. The van der Waals surface area contributed by atoms with E-state index in [-0.39, 0.29) is 11.9 Å². The Labute approximate surface area is 128 Å². The molecule has 3 aromatic rings. The molecule has 0 radical (unpaired) electrons. The molecule has 0 aliphatic carbocycles. The highest BCUT2D eigenvalue weighted by Gasteiger charge is 2.14. The molecule has 0 spiro atoms. The third-order valence-corrected chi connectivity index (χ3v) is 3.50. The molecule has 0 saturated carbocycles. The average molecular weight is 295 g/mol. The van der Waals surface area contributed by atoms with Crippen molar-refractivity contribution in [3.8, 4) is 0 Å². The Bertz CT molecular complexity index is 811. The molecular formula is C16H17N5O. The zero-order chi connectivity index (χ0) is 15.5. The van der Waals surface area contributed by atoms with Crippen molar-refractivity contribution in [1.82, 2.24) is 25.3 Å². The minimum absolute atomic E-state index is 0.0720. The van der Waals surface area contributed by atoms with Crippen molar-refractivity contribution >= 4 is 16.9 Å². The van der Waals surface area contributed by atoms with Crippen LogP contribution >= 0.6 is 0 Å². The molecule has 22 heavy (non-hydrogen) atoms. The SMILES string of the molecule is Cc1ncccc1C(=O)N[C@@H](C)Cn1nnc2ccccc21. The van der Waals surface area contributed by atoms with Crippen molar-refractivity contribution in [3.63, 3.8) is 0 Å². The first-order chi connectivity index (χ1) is 10.6.